The number of anilines is 2. The summed E-state index contributed by atoms with van der Waals surface area (Å²) in [5, 5.41) is 2.23. The number of amides is 1. The molecule has 1 amide bonds. The highest BCUT2D eigenvalue weighted by atomic mass is 19.4. The number of hydrogen-bond donors (Lipinski definition) is 1. The number of carbonyl (C=O) groups excluding carboxylic acids is 1. The van der Waals surface area contributed by atoms with Crippen LogP contribution in [0.5, 0.6) is 11.5 Å². The van der Waals surface area contributed by atoms with Crippen molar-refractivity contribution in [1.29, 1.82) is 0 Å². The van der Waals surface area contributed by atoms with Gasteiger partial charge < -0.3 is 24.4 Å². The van der Waals surface area contributed by atoms with Crippen LogP contribution in [0.15, 0.2) is 53.3 Å². The van der Waals surface area contributed by atoms with E-state index in [2.05, 4.69) is 15.0 Å². The molecule has 3 heterocycles. The van der Waals surface area contributed by atoms with Crippen LogP contribution in [-0.2, 0) is 18.0 Å². The molecule has 2 aromatic carbocycles. The Bertz CT molecular complexity index is 1860. The lowest BCUT2D eigenvalue weighted by Gasteiger charge is -2.40. The number of alkyl halides is 5. The maximum Gasteiger partial charge on any atom is 0.420 e. The van der Waals surface area contributed by atoms with E-state index in [1.165, 1.54) is 0 Å². The second-order valence-electron chi connectivity index (χ2n) is 10.9. The fourth-order valence-electron chi connectivity index (χ4n) is 5.20. The van der Waals surface area contributed by atoms with Crippen molar-refractivity contribution in [2.75, 3.05) is 30.4 Å². The van der Waals surface area contributed by atoms with Crippen LogP contribution in [0.3, 0.4) is 0 Å². The molecule has 10 nitrogen and oxygen atoms in total. The fraction of sp³-hybridized carbons (Fsp3) is 0.323. The zero-order valence-corrected chi connectivity index (χ0v) is 25.7. The van der Waals surface area contributed by atoms with Crippen LogP contribution >= 0.6 is 0 Å². The van der Waals surface area contributed by atoms with Crippen molar-refractivity contribution in [2.24, 2.45) is 7.05 Å². The summed E-state index contributed by atoms with van der Waals surface area (Å²) in [6.07, 6.45) is -5.34. The molecule has 2 aromatic heterocycles. The molecule has 1 fully saturated rings. The van der Waals surface area contributed by atoms with Gasteiger partial charge in [-0.15, -0.1) is 0 Å². The van der Waals surface area contributed by atoms with Crippen LogP contribution < -0.4 is 25.2 Å². The molecule has 0 aliphatic carbocycles. The van der Waals surface area contributed by atoms with E-state index in [9.17, 15) is 31.5 Å². The number of aromatic nitrogens is 3. The van der Waals surface area contributed by atoms with Crippen LogP contribution in [0.4, 0.5) is 42.2 Å². The van der Waals surface area contributed by atoms with Crippen LogP contribution in [0, 0.1) is 11.6 Å². The van der Waals surface area contributed by atoms with Crippen LogP contribution in [-0.4, -0.2) is 59.3 Å². The molecule has 0 radical (unpaired) electrons. The van der Waals surface area contributed by atoms with E-state index in [-0.39, 0.29) is 35.1 Å². The van der Waals surface area contributed by atoms with Gasteiger partial charge in [-0.25, -0.2) is 13.8 Å². The first-order chi connectivity index (χ1) is 22.6. The van der Waals surface area contributed by atoms with Crippen molar-refractivity contribution in [3.05, 3.63) is 81.6 Å². The molecule has 0 bridgehead atoms. The Morgan fingerprint density at radius 2 is 1.62 bits per heavy atom. The molecule has 5 rings (SSSR count). The molecule has 1 aliphatic rings. The third kappa shape index (κ3) is 6.81. The Labute approximate surface area is 268 Å². The number of hydrogen-bond acceptors (Lipinski definition) is 7. The summed E-state index contributed by atoms with van der Waals surface area (Å²) in [6, 6.07) is 7.62. The average Bonchev–Trinajstić information content (AvgIpc) is 3.21. The van der Waals surface area contributed by atoms with E-state index in [4.69, 9.17) is 9.47 Å². The van der Waals surface area contributed by atoms with E-state index >= 15 is 8.78 Å². The van der Waals surface area contributed by atoms with Crippen molar-refractivity contribution >= 4 is 17.4 Å². The lowest BCUT2D eigenvalue weighted by atomic mass is 10.1. The SMILES string of the molecule is COc1cc(F)c(-c2c(NC(=O)c3ccc(OC(F)F)cc3)c(=O)n(-c3nc(N4CC(OC(C)C)C4)ccc3C(F)(F)F)n2C)c(F)c1. The predicted octanol–water partition coefficient (Wildman–Crippen LogP) is 6.01. The summed E-state index contributed by atoms with van der Waals surface area (Å²) in [4.78, 5) is 33.0. The summed E-state index contributed by atoms with van der Waals surface area (Å²) >= 11 is 0. The third-order valence-electron chi connectivity index (χ3n) is 7.34. The topological polar surface area (TPSA) is 99.8 Å². The van der Waals surface area contributed by atoms with Gasteiger partial charge in [0.15, 0.2) is 5.82 Å². The minimum absolute atomic E-state index is 0.0646. The molecule has 0 saturated carbocycles. The van der Waals surface area contributed by atoms with Gasteiger partial charge in [0.05, 0.1) is 24.9 Å². The Morgan fingerprint density at radius 3 is 2.17 bits per heavy atom. The molecule has 0 spiro atoms. The van der Waals surface area contributed by atoms with Gasteiger partial charge in [-0.3, -0.25) is 14.3 Å². The van der Waals surface area contributed by atoms with Crippen molar-refractivity contribution < 1.29 is 49.7 Å². The van der Waals surface area contributed by atoms with Gasteiger partial charge in [0.25, 0.3) is 11.5 Å². The number of carbonyl (C=O) groups is 1. The normalized spacial score (nSPS) is 13.6. The van der Waals surface area contributed by atoms with Crippen molar-refractivity contribution in [2.45, 2.75) is 38.8 Å². The van der Waals surface area contributed by atoms with E-state index in [1.807, 2.05) is 13.8 Å². The number of pyridine rings is 1. The Kier molecular flexibility index (Phi) is 9.44. The summed E-state index contributed by atoms with van der Waals surface area (Å²) in [5.74, 6) is -4.98. The number of nitrogens with one attached hydrogen (secondary N) is 1. The van der Waals surface area contributed by atoms with Gasteiger partial charge in [-0.05, 0) is 50.2 Å². The summed E-state index contributed by atoms with van der Waals surface area (Å²) in [7, 11) is 2.21. The minimum Gasteiger partial charge on any atom is -0.497 e. The average molecular weight is 684 g/mol. The first-order valence-electron chi connectivity index (χ1n) is 14.3. The number of ether oxygens (including phenoxy) is 3. The number of methoxy groups -OCH3 is 1. The molecule has 1 saturated heterocycles. The zero-order valence-electron chi connectivity index (χ0n) is 25.7. The molecule has 1 aliphatic heterocycles. The Hall–Kier alpha value is -5.06. The van der Waals surface area contributed by atoms with Crippen molar-refractivity contribution in [3.8, 4) is 28.6 Å². The minimum atomic E-state index is -5.04. The second-order valence-corrected chi connectivity index (χ2v) is 10.9. The maximum absolute atomic E-state index is 15.5. The summed E-state index contributed by atoms with van der Waals surface area (Å²) in [6.45, 7) is 1.12. The summed E-state index contributed by atoms with van der Waals surface area (Å²) < 4.78 is 115. The van der Waals surface area contributed by atoms with Gasteiger partial charge >= 0.3 is 12.8 Å². The van der Waals surface area contributed by atoms with Crippen molar-refractivity contribution in [3.63, 3.8) is 0 Å². The molecule has 0 atom stereocenters. The lowest BCUT2D eigenvalue weighted by Crippen LogP contribution is -2.53. The van der Waals surface area contributed by atoms with E-state index in [0.29, 0.717) is 17.8 Å². The van der Waals surface area contributed by atoms with E-state index < -0.39 is 64.2 Å². The number of rotatable bonds is 10. The molecule has 48 heavy (non-hydrogen) atoms. The van der Waals surface area contributed by atoms with Gasteiger partial charge in [-0.1, -0.05) is 0 Å². The monoisotopic (exact) mass is 683 g/mol. The van der Waals surface area contributed by atoms with Crippen LogP contribution in [0.1, 0.15) is 29.8 Å². The van der Waals surface area contributed by atoms with Gasteiger partial charge in [0.1, 0.15) is 45.9 Å². The number of benzene rings is 2. The molecule has 1 N–H and O–H groups in total. The van der Waals surface area contributed by atoms with Crippen LogP contribution in [0.25, 0.3) is 17.1 Å². The lowest BCUT2D eigenvalue weighted by molar-refractivity contribution is -0.137. The molecule has 256 valence electrons. The largest absolute Gasteiger partial charge is 0.497 e. The van der Waals surface area contributed by atoms with Crippen LogP contribution in [0.2, 0.25) is 0 Å². The molecular weight excluding hydrogens is 655 g/mol. The highest BCUT2D eigenvalue weighted by Gasteiger charge is 2.39. The standard InChI is InChI=1S/C31H28F7N5O5/c1-15(2)47-19-13-42(14-19)23-10-9-20(31(36,37)38)27(39-23)43-29(45)25(40-28(44)16-5-7-17(8-6-16)48-30(34)35)26(41(43)3)24-21(32)11-18(46-4)12-22(24)33/h5-12,15,19,30H,13-14H2,1-4H3,(H,40,44). The smallest absolute Gasteiger partial charge is 0.420 e. The predicted molar refractivity (Wildman–Crippen MR) is 159 cm³/mol. The molecule has 0 unspecified atom stereocenters. The highest BCUT2D eigenvalue weighted by molar-refractivity contribution is 6.06. The maximum atomic E-state index is 15.5. The second kappa shape index (κ2) is 13.2. The van der Waals surface area contributed by atoms with E-state index in [1.54, 1.807) is 4.90 Å². The molecule has 17 heteroatoms. The van der Waals surface area contributed by atoms with Gasteiger partial charge in [0, 0.05) is 37.8 Å². The van der Waals surface area contributed by atoms with E-state index in [0.717, 1.165) is 67.4 Å². The van der Waals surface area contributed by atoms with Gasteiger partial charge in [0.2, 0.25) is 0 Å². The highest BCUT2D eigenvalue weighted by Crippen LogP contribution is 2.38. The Balaban J connectivity index is 1.67. The first-order valence-corrected chi connectivity index (χ1v) is 14.3. The fourth-order valence-corrected chi connectivity index (χ4v) is 5.20. The zero-order chi connectivity index (χ0) is 35.1. The van der Waals surface area contributed by atoms with Crippen molar-refractivity contribution in [1.82, 2.24) is 14.3 Å². The third-order valence-corrected chi connectivity index (χ3v) is 7.34. The Morgan fingerprint density at radius 1 is 1.00 bits per heavy atom. The van der Waals surface area contributed by atoms with Gasteiger partial charge in [-0.2, -0.15) is 26.6 Å². The number of nitrogens with zero attached hydrogens (tertiary/aromatic N) is 4. The molecular formula is C31H28F7N5O5. The molecule has 4 aromatic rings. The summed E-state index contributed by atoms with van der Waals surface area (Å²) in [5.41, 5.74) is -5.18. The number of halogens is 7. The quantitative estimate of drug-likeness (QED) is 0.205. The first kappa shape index (κ1) is 34.3.